The quantitative estimate of drug-likeness (QED) is 0.639. The molecular formula is C23H33NO2. The second-order valence-corrected chi connectivity index (χ2v) is 9.09. The minimum atomic E-state index is 0.0836. The topological polar surface area (TPSA) is 38.3 Å². The molecule has 3 heteroatoms. The van der Waals surface area contributed by atoms with Gasteiger partial charge in [0.25, 0.3) is 5.91 Å². The zero-order valence-electron chi connectivity index (χ0n) is 16.1. The van der Waals surface area contributed by atoms with Gasteiger partial charge in [0.2, 0.25) is 0 Å². The lowest BCUT2D eigenvalue weighted by Gasteiger charge is -2.56. The number of hydrogen-bond acceptors (Lipinski definition) is 2. The van der Waals surface area contributed by atoms with E-state index < -0.39 is 0 Å². The van der Waals surface area contributed by atoms with Crippen LogP contribution in [0.5, 0.6) is 5.75 Å². The highest BCUT2D eigenvalue weighted by Crippen LogP contribution is 2.55. The van der Waals surface area contributed by atoms with Crippen LogP contribution in [0.3, 0.4) is 0 Å². The monoisotopic (exact) mass is 355 g/mol. The minimum Gasteiger partial charge on any atom is -0.494 e. The molecule has 0 heterocycles. The van der Waals surface area contributed by atoms with Crippen LogP contribution in [0.25, 0.3) is 0 Å². The molecule has 0 saturated heterocycles. The minimum absolute atomic E-state index is 0.0836. The van der Waals surface area contributed by atoms with Crippen molar-refractivity contribution in [2.24, 2.45) is 17.8 Å². The maximum absolute atomic E-state index is 12.8. The first kappa shape index (κ1) is 17.9. The zero-order chi connectivity index (χ0) is 18.0. The van der Waals surface area contributed by atoms with Crippen LogP contribution in [0.1, 0.15) is 81.5 Å². The van der Waals surface area contributed by atoms with Crippen LogP contribution in [0.15, 0.2) is 24.3 Å². The molecule has 4 bridgehead atoms. The lowest BCUT2D eigenvalue weighted by Crippen LogP contribution is -2.59. The Morgan fingerprint density at radius 2 is 1.62 bits per heavy atom. The molecular weight excluding hydrogens is 322 g/mol. The maximum atomic E-state index is 12.8. The first-order valence-electron chi connectivity index (χ1n) is 10.7. The molecule has 4 fully saturated rings. The van der Waals surface area contributed by atoms with Gasteiger partial charge < -0.3 is 10.1 Å². The molecule has 26 heavy (non-hydrogen) atoms. The van der Waals surface area contributed by atoms with Gasteiger partial charge in [-0.25, -0.2) is 0 Å². The van der Waals surface area contributed by atoms with Crippen molar-refractivity contribution in [3.8, 4) is 5.75 Å². The van der Waals surface area contributed by atoms with E-state index in [0.29, 0.717) is 0 Å². The maximum Gasteiger partial charge on any atom is 0.251 e. The lowest BCUT2D eigenvalue weighted by molar-refractivity contribution is -0.0167. The molecule has 4 aliphatic rings. The Kier molecular flexibility index (Phi) is 5.24. The smallest absolute Gasteiger partial charge is 0.251 e. The van der Waals surface area contributed by atoms with Crippen molar-refractivity contribution in [1.29, 1.82) is 0 Å². The first-order chi connectivity index (χ1) is 12.7. The van der Waals surface area contributed by atoms with E-state index in [4.69, 9.17) is 4.74 Å². The Balaban J connectivity index is 1.31. The number of ether oxygens (including phenoxy) is 1. The number of hydrogen-bond donors (Lipinski definition) is 1. The molecule has 1 N–H and O–H groups in total. The van der Waals surface area contributed by atoms with E-state index in [9.17, 15) is 4.79 Å². The molecule has 4 saturated carbocycles. The van der Waals surface area contributed by atoms with Crippen molar-refractivity contribution in [1.82, 2.24) is 5.32 Å². The third-order valence-corrected chi connectivity index (χ3v) is 6.80. The lowest BCUT2D eigenvalue weighted by atomic mass is 9.53. The van der Waals surface area contributed by atoms with E-state index >= 15 is 0 Å². The standard InChI is InChI=1S/C23H33NO2/c1-2-3-4-5-10-26-21-8-6-20(7-9-21)22(25)24-23-14-17-11-18(15-23)13-19(12-17)16-23/h6-9,17-19H,2-5,10-16H2,1H3,(H,24,25). The van der Waals surface area contributed by atoms with E-state index in [0.717, 1.165) is 42.1 Å². The van der Waals surface area contributed by atoms with Crippen LogP contribution in [0.2, 0.25) is 0 Å². The molecule has 1 aromatic carbocycles. The van der Waals surface area contributed by atoms with Gasteiger partial charge in [-0.3, -0.25) is 4.79 Å². The van der Waals surface area contributed by atoms with Crippen molar-refractivity contribution in [2.75, 3.05) is 6.61 Å². The number of unbranched alkanes of at least 4 members (excludes halogenated alkanes) is 3. The van der Waals surface area contributed by atoms with Crippen molar-refractivity contribution in [3.05, 3.63) is 29.8 Å². The van der Waals surface area contributed by atoms with E-state index in [1.165, 1.54) is 57.8 Å². The molecule has 5 rings (SSSR count). The molecule has 1 amide bonds. The van der Waals surface area contributed by atoms with Gasteiger partial charge in [0.05, 0.1) is 6.61 Å². The van der Waals surface area contributed by atoms with Gasteiger partial charge >= 0.3 is 0 Å². The van der Waals surface area contributed by atoms with Crippen molar-refractivity contribution >= 4 is 5.91 Å². The number of nitrogens with one attached hydrogen (secondary N) is 1. The average molecular weight is 356 g/mol. The van der Waals surface area contributed by atoms with Crippen LogP contribution in [0, 0.1) is 17.8 Å². The molecule has 0 unspecified atom stereocenters. The van der Waals surface area contributed by atoms with Gasteiger partial charge in [-0.1, -0.05) is 26.2 Å². The highest BCUT2D eigenvalue weighted by atomic mass is 16.5. The van der Waals surface area contributed by atoms with E-state index in [2.05, 4.69) is 12.2 Å². The average Bonchev–Trinajstić information content (AvgIpc) is 2.60. The Morgan fingerprint density at radius 3 is 2.19 bits per heavy atom. The summed E-state index contributed by atoms with van der Waals surface area (Å²) in [5.74, 6) is 3.52. The molecule has 3 nitrogen and oxygen atoms in total. The molecule has 142 valence electrons. The van der Waals surface area contributed by atoms with Gasteiger partial charge in [0.15, 0.2) is 0 Å². The molecule has 1 aromatic rings. The van der Waals surface area contributed by atoms with Crippen LogP contribution < -0.4 is 10.1 Å². The molecule has 0 atom stereocenters. The summed E-state index contributed by atoms with van der Waals surface area (Å²) in [5, 5.41) is 3.45. The van der Waals surface area contributed by atoms with Crippen molar-refractivity contribution in [2.45, 2.75) is 76.7 Å². The van der Waals surface area contributed by atoms with Gasteiger partial charge in [0.1, 0.15) is 5.75 Å². The normalized spacial score (nSPS) is 31.8. The van der Waals surface area contributed by atoms with E-state index in [1.54, 1.807) is 0 Å². The number of rotatable bonds is 8. The van der Waals surface area contributed by atoms with Gasteiger partial charge in [-0.05, 0) is 87.0 Å². The fraction of sp³-hybridized carbons (Fsp3) is 0.696. The fourth-order valence-electron chi connectivity index (χ4n) is 6.00. The predicted molar refractivity (Wildman–Crippen MR) is 104 cm³/mol. The second-order valence-electron chi connectivity index (χ2n) is 9.09. The zero-order valence-corrected chi connectivity index (χ0v) is 16.1. The molecule has 0 aromatic heterocycles. The van der Waals surface area contributed by atoms with Gasteiger partial charge in [-0.2, -0.15) is 0 Å². The number of carbonyl (C=O) groups is 1. The third kappa shape index (κ3) is 3.92. The Labute approximate surface area is 157 Å². The number of amides is 1. The Hall–Kier alpha value is -1.51. The van der Waals surface area contributed by atoms with Crippen LogP contribution in [-0.2, 0) is 0 Å². The van der Waals surface area contributed by atoms with Crippen molar-refractivity contribution < 1.29 is 9.53 Å². The summed E-state index contributed by atoms with van der Waals surface area (Å²) in [4.78, 5) is 12.8. The highest BCUT2D eigenvalue weighted by Gasteiger charge is 2.51. The SMILES string of the molecule is CCCCCCOc1ccc(C(=O)NC23CC4CC(CC(C4)C2)C3)cc1. The largest absolute Gasteiger partial charge is 0.494 e. The highest BCUT2D eigenvalue weighted by molar-refractivity contribution is 5.94. The molecule has 0 spiro atoms. The molecule has 0 radical (unpaired) electrons. The summed E-state index contributed by atoms with van der Waals surface area (Å²) < 4.78 is 5.79. The van der Waals surface area contributed by atoms with Gasteiger partial charge in [0, 0.05) is 11.1 Å². The fourth-order valence-corrected chi connectivity index (χ4v) is 6.00. The Bertz CT molecular complexity index is 586. The van der Waals surface area contributed by atoms with Crippen LogP contribution >= 0.6 is 0 Å². The number of benzene rings is 1. The Morgan fingerprint density at radius 1 is 1.00 bits per heavy atom. The van der Waals surface area contributed by atoms with E-state index in [1.807, 2.05) is 24.3 Å². The molecule has 4 aliphatic carbocycles. The van der Waals surface area contributed by atoms with Crippen molar-refractivity contribution in [3.63, 3.8) is 0 Å². The molecule has 0 aliphatic heterocycles. The first-order valence-corrected chi connectivity index (χ1v) is 10.7. The third-order valence-electron chi connectivity index (χ3n) is 6.80. The summed E-state index contributed by atoms with van der Waals surface area (Å²) in [6.07, 6.45) is 12.6. The van der Waals surface area contributed by atoms with Crippen LogP contribution in [-0.4, -0.2) is 18.1 Å². The van der Waals surface area contributed by atoms with Gasteiger partial charge in [-0.15, -0.1) is 0 Å². The second kappa shape index (κ2) is 7.62. The summed E-state index contributed by atoms with van der Waals surface area (Å²) >= 11 is 0. The number of carbonyl (C=O) groups excluding carboxylic acids is 1. The van der Waals surface area contributed by atoms with E-state index in [-0.39, 0.29) is 11.4 Å². The summed E-state index contributed by atoms with van der Waals surface area (Å²) in [7, 11) is 0. The predicted octanol–water partition coefficient (Wildman–Crippen LogP) is 5.34. The summed E-state index contributed by atoms with van der Waals surface area (Å²) in [6, 6.07) is 7.71. The summed E-state index contributed by atoms with van der Waals surface area (Å²) in [6.45, 7) is 2.98. The summed E-state index contributed by atoms with van der Waals surface area (Å²) in [5.41, 5.74) is 0.847. The van der Waals surface area contributed by atoms with Crippen LogP contribution in [0.4, 0.5) is 0 Å².